The highest BCUT2D eigenvalue weighted by Crippen LogP contribution is 2.22. The summed E-state index contributed by atoms with van der Waals surface area (Å²) in [6, 6.07) is 3.52. The molecular formula is C13H19N3O2S2. The zero-order valence-electron chi connectivity index (χ0n) is 12.1. The predicted molar refractivity (Wildman–Crippen MR) is 80.4 cm³/mol. The third kappa shape index (κ3) is 2.94. The third-order valence-electron chi connectivity index (χ3n) is 3.35. The van der Waals surface area contributed by atoms with E-state index < -0.39 is 10.0 Å². The minimum atomic E-state index is -3.44. The molecular weight excluding hydrogens is 294 g/mol. The largest absolute Gasteiger partial charge is 0.272 e. The molecule has 5 nitrogen and oxygen atoms in total. The molecule has 7 heteroatoms. The topological polar surface area (TPSA) is 64.0 Å². The van der Waals surface area contributed by atoms with Crippen LogP contribution >= 0.6 is 11.3 Å². The molecule has 0 aliphatic heterocycles. The molecule has 0 saturated heterocycles. The molecule has 0 radical (unpaired) electrons. The molecule has 0 unspecified atom stereocenters. The normalized spacial score (nSPS) is 12.0. The first-order valence-electron chi connectivity index (χ1n) is 6.42. The molecule has 2 aromatic rings. The van der Waals surface area contributed by atoms with Gasteiger partial charge in [0.15, 0.2) is 0 Å². The minimum Gasteiger partial charge on any atom is -0.272 e. The SMILES string of the molecule is CCc1ccc(S(=O)(=O)NCc2c(C)nn(C)c2C)s1. The van der Waals surface area contributed by atoms with E-state index in [-0.39, 0.29) is 6.54 Å². The third-order valence-corrected chi connectivity index (χ3v) is 6.47. The summed E-state index contributed by atoms with van der Waals surface area (Å²) in [5, 5.41) is 4.29. The summed E-state index contributed by atoms with van der Waals surface area (Å²) in [5.74, 6) is 0. The Morgan fingerprint density at radius 1 is 1.35 bits per heavy atom. The number of aromatic nitrogens is 2. The first-order chi connectivity index (χ1) is 9.35. The van der Waals surface area contributed by atoms with Gasteiger partial charge < -0.3 is 0 Å². The van der Waals surface area contributed by atoms with Gasteiger partial charge in [0.05, 0.1) is 5.69 Å². The van der Waals surface area contributed by atoms with Crippen LogP contribution in [0.3, 0.4) is 0 Å². The second kappa shape index (κ2) is 5.67. The molecule has 2 heterocycles. The van der Waals surface area contributed by atoms with Gasteiger partial charge in [-0.05, 0) is 32.4 Å². The molecule has 0 amide bonds. The summed E-state index contributed by atoms with van der Waals surface area (Å²) in [6.07, 6.45) is 0.848. The zero-order valence-corrected chi connectivity index (χ0v) is 13.7. The lowest BCUT2D eigenvalue weighted by atomic mass is 10.2. The number of hydrogen-bond donors (Lipinski definition) is 1. The Balaban J connectivity index is 2.17. The van der Waals surface area contributed by atoms with Gasteiger partial charge in [-0.25, -0.2) is 13.1 Å². The van der Waals surface area contributed by atoms with Crippen molar-refractivity contribution in [1.29, 1.82) is 0 Å². The number of nitrogens with zero attached hydrogens (tertiary/aromatic N) is 2. The standard InChI is InChI=1S/C13H19N3O2S2/c1-5-11-6-7-13(19-11)20(17,18)14-8-12-9(2)15-16(4)10(12)3/h6-7,14H,5,8H2,1-4H3. The molecule has 1 N–H and O–H groups in total. The summed E-state index contributed by atoms with van der Waals surface area (Å²) in [7, 11) is -1.59. The van der Waals surface area contributed by atoms with Gasteiger partial charge >= 0.3 is 0 Å². The molecule has 20 heavy (non-hydrogen) atoms. The van der Waals surface area contributed by atoms with E-state index in [2.05, 4.69) is 9.82 Å². The van der Waals surface area contributed by atoms with Crippen LogP contribution in [0.25, 0.3) is 0 Å². The average molecular weight is 313 g/mol. The van der Waals surface area contributed by atoms with E-state index in [0.29, 0.717) is 4.21 Å². The van der Waals surface area contributed by atoms with Crippen molar-refractivity contribution in [3.63, 3.8) is 0 Å². The van der Waals surface area contributed by atoms with Crippen LogP contribution in [0, 0.1) is 13.8 Å². The fourth-order valence-electron chi connectivity index (χ4n) is 2.00. The van der Waals surface area contributed by atoms with E-state index >= 15 is 0 Å². The Bertz CT molecular complexity index is 714. The van der Waals surface area contributed by atoms with Gasteiger partial charge in [-0.2, -0.15) is 5.10 Å². The van der Waals surface area contributed by atoms with Crippen molar-refractivity contribution in [2.75, 3.05) is 0 Å². The van der Waals surface area contributed by atoms with Gasteiger partial charge in [0.25, 0.3) is 0 Å². The fraction of sp³-hybridized carbons (Fsp3) is 0.462. The van der Waals surface area contributed by atoms with Crippen molar-refractivity contribution < 1.29 is 8.42 Å². The van der Waals surface area contributed by atoms with Crippen LogP contribution in [0.4, 0.5) is 0 Å². The maximum Gasteiger partial charge on any atom is 0.250 e. The maximum absolute atomic E-state index is 12.2. The molecule has 0 spiro atoms. The number of aryl methyl sites for hydroxylation is 3. The predicted octanol–water partition coefficient (Wildman–Crippen LogP) is 2.14. The molecule has 2 rings (SSSR count). The van der Waals surface area contributed by atoms with E-state index in [1.807, 2.05) is 33.9 Å². The molecule has 0 fully saturated rings. The summed E-state index contributed by atoms with van der Waals surface area (Å²) in [4.78, 5) is 1.07. The van der Waals surface area contributed by atoms with Crippen molar-refractivity contribution in [1.82, 2.24) is 14.5 Å². The zero-order chi connectivity index (χ0) is 14.9. The molecule has 2 aromatic heterocycles. The lowest BCUT2D eigenvalue weighted by Crippen LogP contribution is -2.23. The monoisotopic (exact) mass is 313 g/mol. The number of sulfonamides is 1. The average Bonchev–Trinajstić information content (AvgIpc) is 2.95. The van der Waals surface area contributed by atoms with Crippen LogP contribution < -0.4 is 4.72 Å². The Labute approximate surface area is 123 Å². The minimum absolute atomic E-state index is 0.271. The van der Waals surface area contributed by atoms with Gasteiger partial charge in [0.1, 0.15) is 4.21 Å². The highest BCUT2D eigenvalue weighted by atomic mass is 32.2. The van der Waals surface area contributed by atoms with Gasteiger partial charge in [-0.1, -0.05) is 6.92 Å². The number of nitrogens with one attached hydrogen (secondary N) is 1. The van der Waals surface area contributed by atoms with Crippen molar-refractivity contribution >= 4 is 21.4 Å². The van der Waals surface area contributed by atoms with E-state index in [4.69, 9.17) is 0 Å². The first kappa shape index (κ1) is 15.2. The highest BCUT2D eigenvalue weighted by molar-refractivity contribution is 7.91. The molecule has 110 valence electrons. The van der Waals surface area contributed by atoms with E-state index in [0.717, 1.165) is 28.2 Å². The molecule has 0 aliphatic rings. The first-order valence-corrected chi connectivity index (χ1v) is 8.72. The Morgan fingerprint density at radius 3 is 2.55 bits per heavy atom. The molecule has 0 saturated carbocycles. The van der Waals surface area contributed by atoms with Crippen LogP contribution in [0.1, 0.15) is 28.8 Å². The number of thiophene rings is 1. The van der Waals surface area contributed by atoms with Crippen LogP contribution in [-0.2, 0) is 30.0 Å². The van der Waals surface area contributed by atoms with Crippen LogP contribution in [0.5, 0.6) is 0 Å². The van der Waals surface area contributed by atoms with Gasteiger partial charge in [0.2, 0.25) is 10.0 Å². The second-order valence-corrected chi connectivity index (χ2v) is 7.83. The molecule has 0 bridgehead atoms. The lowest BCUT2D eigenvalue weighted by Gasteiger charge is -2.05. The number of rotatable bonds is 5. The summed E-state index contributed by atoms with van der Waals surface area (Å²) in [6.45, 7) is 6.10. The highest BCUT2D eigenvalue weighted by Gasteiger charge is 2.18. The van der Waals surface area contributed by atoms with Gasteiger partial charge in [-0.3, -0.25) is 4.68 Å². The summed E-state index contributed by atoms with van der Waals surface area (Å²) in [5.41, 5.74) is 2.77. The molecule has 0 aromatic carbocycles. The smallest absolute Gasteiger partial charge is 0.250 e. The van der Waals surface area contributed by atoms with Gasteiger partial charge in [0, 0.05) is 29.7 Å². The van der Waals surface area contributed by atoms with Crippen LogP contribution in [0.2, 0.25) is 0 Å². The Kier molecular flexibility index (Phi) is 4.31. The quantitative estimate of drug-likeness (QED) is 0.920. The van der Waals surface area contributed by atoms with Crippen molar-refractivity contribution in [2.24, 2.45) is 7.05 Å². The van der Waals surface area contributed by atoms with E-state index in [9.17, 15) is 8.42 Å². The molecule has 0 aliphatic carbocycles. The van der Waals surface area contributed by atoms with E-state index in [1.54, 1.807) is 10.7 Å². The second-order valence-electron chi connectivity index (χ2n) is 4.67. The maximum atomic E-state index is 12.2. The molecule has 0 atom stereocenters. The van der Waals surface area contributed by atoms with Crippen molar-refractivity contribution in [3.05, 3.63) is 34.0 Å². The Morgan fingerprint density at radius 2 is 2.05 bits per heavy atom. The lowest BCUT2D eigenvalue weighted by molar-refractivity contribution is 0.583. The fourth-order valence-corrected chi connectivity index (χ4v) is 4.34. The summed E-state index contributed by atoms with van der Waals surface area (Å²) < 4.78 is 29.3. The number of hydrogen-bond acceptors (Lipinski definition) is 4. The van der Waals surface area contributed by atoms with Crippen LogP contribution in [-0.4, -0.2) is 18.2 Å². The van der Waals surface area contributed by atoms with Crippen LogP contribution in [0.15, 0.2) is 16.3 Å². The van der Waals surface area contributed by atoms with Crippen molar-refractivity contribution in [2.45, 2.75) is 37.9 Å². The summed E-state index contributed by atoms with van der Waals surface area (Å²) >= 11 is 1.32. The Hall–Kier alpha value is -1.18. The van der Waals surface area contributed by atoms with Gasteiger partial charge in [-0.15, -0.1) is 11.3 Å². The van der Waals surface area contributed by atoms with Crippen molar-refractivity contribution in [3.8, 4) is 0 Å². The van der Waals surface area contributed by atoms with E-state index in [1.165, 1.54) is 11.3 Å².